The molecule has 102 valence electrons. The highest BCUT2D eigenvalue weighted by Gasteiger charge is 2.68. The molecule has 1 aliphatic rings. The molecular formula is C15H18NO3-. The van der Waals surface area contributed by atoms with Crippen molar-refractivity contribution in [3.8, 4) is 0 Å². The molecule has 0 atom stereocenters. The number of carbonyl (C=O) groups is 2. The molecule has 1 aromatic carbocycles. The monoisotopic (exact) mass is 260 g/mol. The fourth-order valence-electron chi connectivity index (χ4n) is 2.83. The average Bonchev–Trinajstić information content (AvgIpc) is 2.69. The number of nitrogens with one attached hydrogen (secondary N) is 1. The molecule has 0 radical (unpaired) electrons. The Morgan fingerprint density at radius 2 is 1.63 bits per heavy atom. The zero-order valence-corrected chi connectivity index (χ0v) is 11.6. The summed E-state index contributed by atoms with van der Waals surface area (Å²) in [7, 11) is 0. The van der Waals surface area contributed by atoms with E-state index in [-0.39, 0.29) is 28.2 Å². The van der Waals surface area contributed by atoms with Crippen molar-refractivity contribution in [3.05, 3.63) is 29.8 Å². The molecule has 1 fully saturated rings. The number of hydrogen-bond donors (Lipinski definition) is 1. The average molecular weight is 260 g/mol. The number of benzene rings is 1. The Hall–Kier alpha value is -1.84. The summed E-state index contributed by atoms with van der Waals surface area (Å²) in [6.45, 7) is 8.17. The Morgan fingerprint density at radius 3 is 2.11 bits per heavy atom. The Kier molecular flexibility index (Phi) is 2.92. The first-order valence-corrected chi connectivity index (χ1v) is 6.31. The van der Waals surface area contributed by atoms with Crippen LogP contribution in [0.1, 0.15) is 38.1 Å². The van der Waals surface area contributed by atoms with Gasteiger partial charge in [-0.25, -0.2) is 0 Å². The van der Waals surface area contributed by atoms with E-state index in [0.717, 1.165) is 0 Å². The Bertz CT molecular complexity index is 532. The summed E-state index contributed by atoms with van der Waals surface area (Å²) in [5.74, 6) is -1.54. The standard InChI is InChI=1S/C15H19NO3/c1-14(2)11(15(14,3)4)12(17)16-10-8-6-5-7-9(10)13(18)19/h5-8,11H,1-4H3,(H,16,17)(H,18,19)/p-1. The molecule has 2 rings (SSSR count). The molecule has 4 heteroatoms. The number of carboxylic acids is 1. The second-order valence-corrected chi connectivity index (χ2v) is 6.20. The molecule has 19 heavy (non-hydrogen) atoms. The number of para-hydroxylation sites is 1. The predicted molar refractivity (Wildman–Crippen MR) is 70.5 cm³/mol. The predicted octanol–water partition coefficient (Wildman–Crippen LogP) is 1.67. The maximum Gasteiger partial charge on any atom is 0.228 e. The number of rotatable bonds is 3. The van der Waals surface area contributed by atoms with Crippen molar-refractivity contribution in [1.29, 1.82) is 0 Å². The molecule has 0 saturated heterocycles. The van der Waals surface area contributed by atoms with Crippen LogP contribution in [0.4, 0.5) is 5.69 Å². The van der Waals surface area contributed by atoms with Gasteiger partial charge in [-0.2, -0.15) is 0 Å². The molecule has 1 N–H and O–H groups in total. The highest BCUT2D eigenvalue weighted by atomic mass is 16.4. The Morgan fingerprint density at radius 1 is 1.11 bits per heavy atom. The smallest absolute Gasteiger partial charge is 0.228 e. The van der Waals surface area contributed by atoms with Crippen LogP contribution in [-0.4, -0.2) is 11.9 Å². The lowest BCUT2D eigenvalue weighted by atomic mass is 10.0. The van der Waals surface area contributed by atoms with E-state index in [4.69, 9.17) is 0 Å². The van der Waals surface area contributed by atoms with Gasteiger partial charge in [0.2, 0.25) is 5.91 Å². The summed E-state index contributed by atoms with van der Waals surface area (Å²) < 4.78 is 0. The van der Waals surface area contributed by atoms with Gasteiger partial charge in [-0.3, -0.25) is 4.79 Å². The maximum absolute atomic E-state index is 12.3. The van der Waals surface area contributed by atoms with Crippen molar-refractivity contribution < 1.29 is 14.7 Å². The third-order valence-corrected chi connectivity index (χ3v) is 4.69. The van der Waals surface area contributed by atoms with Gasteiger partial charge in [-0.1, -0.05) is 45.9 Å². The van der Waals surface area contributed by atoms with Crippen LogP contribution >= 0.6 is 0 Å². The summed E-state index contributed by atoms with van der Waals surface area (Å²) in [6.07, 6.45) is 0. The van der Waals surface area contributed by atoms with Gasteiger partial charge in [0.15, 0.2) is 0 Å². The highest BCUT2D eigenvalue weighted by molar-refractivity contribution is 6.02. The Labute approximate surface area is 112 Å². The first kappa shape index (κ1) is 13.6. The number of hydrogen-bond acceptors (Lipinski definition) is 3. The van der Waals surface area contributed by atoms with Crippen molar-refractivity contribution in [2.75, 3.05) is 5.32 Å². The second-order valence-electron chi connectivity index (χ2n) is 6.20. The van der Waals surface area contributed by atoms with E-state index < -0.39 is 5.97 Å². The fraction of sp³-hybridized carbons (Fsp3) is 0.467. The van der Waals surface area contributed by atoms with Gasteiger partial charge in [0.05, 0.1) is 5.97 Å². The molecular weight excluding hydrogens is 242 g/mol. The van der Waals surface area contributed by atoms with Crippen molar-refractivity contribution in [2.24, 2.45) is 16.7 Å². The fourth-order valence-corrected chi connectivity index (χ4v) is 2.83. The number of aromatic carboxylic acids is 1. The lowest BCUT2D eigenvalue weighted by Crippen LogP contribution is -2.25. The largest absolute Gasteiger partial charge is 0.545 e. The lowest BCUT2D eigenvalue weighted by molar-refractivity contribution is -0.254. The first-order chi connectivity index (χ1) is 8.69. The van der Waals surface area contributed by atoms with Crippen LogP contribution in [0, 0.1) is 16.7 Å². The normalized spacial score (nSPS) is 19.8. The molecule has 0 aromatic heterocycles. The van der Waals surface area contributed by atoms with Crippen LogP contribution < -0.4 is 10.4 Å². The second kappa shape index (κ2) is 4.08. The molecule has 1 aliphatic carbocycles. The summed E-state index contributed by atoms with van der Waals surface area (Å²) in [4.78, 5) is 23.2. The third-order valence-electron chi connectivity index (χ3n) is 4.69. The zero-order valence-electron chi connectivity index (χ0n) is 11.6. The van der Waals surface area contributed by atoms with Crippen LogP contribution in [0.15, 0.2) is 24.3 Å². The quantitative estimate of drug-likeness (QED) is 0.898. The van der Waals surface area contributed by atoms with Gasteiger partial charge >= 0.3 is 0 Å². The van der Waals surface area contributed by atoms with E-state index in [1.165, 1.54) is 6.07 Å². The highest BCUT2D eigenvalue weighted by Crippen LogP contribution is 2.68. The van der Waals surface area contributed by atoms with Gasteiger partial charge in [-0.05, 0) is 16.9 Å². The van der Waals surface area contributed by atoms with E-state index in [1.54, 1.807) is 18.2 Å². The van der Waals surface area contributed by atoms with Crippen molar-refractivity contribution in [1.82, 2.24) is 0 Å². The minimum Gasteiger partial charge on any atom is -0.545 e. The van der Waals surface area contributed by atoms with Gasteiger partial charge in [0, 0.05) is 17.2 Å². The molecule has 0 heterocycles. The van der Waals surface area contributed by atoms with Crippen molar-refractivity contribution in [3.63, 3.8) is 0 Å². The van der Waals surface area contributed by atoms with Gasteiger partial charge in [0.25, 0.3) is 0 Å². The summed E-state index contributed by atoms with van der Waals surface area (Å²) >= 11 is 0. The lowest BCUT2D eigenvalue weighted by Gasteiger charge is -2.12. The molecule has 0 bridgehead atoms. The topological polar surface area (TPSA) is 69.2 Å². The SMILES string of the molecule is CC1(C)C(C(=O)Nc2ccccc2C(=O)[O-])C1(C)C. The summed E-state index contributed by atoms with van der Waals surface area (Å²) in [6, 6.07) is 6.29. The van der Waals surface area contributed by atoms with E-state index in [2.05, 4.69) is 5.32 Å². The number of carbonyl (C=O) groups excluding carboxylic acids is 2. The summed E-state index contributed by atoms with van der Waals surface area (Å²) in [5, 5.41) is 13.7. The van der Waals surface area contributed by atoms with E-state index in [0.29, 0.717) is 5.69 Å². The van der Waals surface area contributed by atoms with E-state index in [1.807, 2.05) is 27.7 Å². The minimum absolute atomic E-state index is 0.00659. The van der Waals surface area contributed by atoms with Gasteiger partial charge < -0.3 is 15.2 Å². The van der Waals surface area contributed by atoms with Crippen LogP contribution in [-0.2, 0) is 4.79 Å². The number of amides is 1. The molecule has 1 amide bonds. The van der Waals surface area contributed by atoms with E-state index >= 15 is 0 Å². The summed E-state index contributed by atoms with van der Waals surface area (Å²) in [5.41, 5.74) is 0.152. The number of carboxylic acid groups (broad SMARTS) is 1. The van der Waals surface area contributed by atoms with Crippen LogP contribution in [0.5, 0.6) is 0 Å². The molecule has 0 unspecified atom stereocenters. The van der Waals surface area contributed by atoms with Crippen LogP contribution in [0.2, 0.25) is 0 Å². The maximum atomic E-state index is 12.3. The molecule has 1 saturated carbocycles. The molecule has 4 nitrogen and oxygen atoms in total. The third kappa shape index (κ3) is 2.01. The van der Waals surface area contributed by atoms with Gasteiger partial charge in [0.1, 0.15) is 0 Å². The molecule has 0 spiro atoms. The van der Waals surface area contributed by atoms with E-state index in [9.17, 15) is 14.7 Å². The molecule has 1 aromatic rings. The van der Waals surface area contributed by atoms with Crippen LogP contribution in [0.3, 0.4) is 0 Å². The Balaban J connectivity index is 2.20. The minimum atomic E-state index is -1.29. The first-order valence-electron chi connectivity index (χ1n) is 6.31. The van der Waals surface area contributed by atoms with Crippen molar-refractivity contribution in [2.45, 2.75) is 27.7 Å². The van der Waals surface area contributed by atoms with Crippen LogP contribution in [0.25, 0.3) is 0 Å². The van der Waals surface area contributed by atoms with Gasteiger partial charge in [-0.15, -0.1) is 0 Å². The van der Waals surface area contributed by atoms with Crippen molar-refractivity contribution >= 4 is 17.6 Å². The molecule has 0 aliphatic heterocycles. The zero-order chi connectivity index (χ0) is 14.4. The number of anilines is 1.